The molecule has 0 bridgehead atoms. The first-order valence-electron chi connectivity index (χ1n) is 15.0. The van der Waals surface area contributed by atoms with E-state index in [-0.39, 0.29) is 11.4 Å². The number of benzene rings is 2. The maximum Gasteiger partial charge on any atom is 0.240 e. The molecule has 2 aromatic carbocycles. The fourth-order valence-electron chi connectivity index (χ4n) is 5.50. The number of amides is 2. The molecule has 2 amide bonds. The van der Waals surface area contributed by atoms with Gasteiger partial charge in [0.15, 0.2) is 23.0 Å². The van der Waals surface area contributed by atoms with Gasteiger partial charge in [0.05, 0.1) is 11.9 Å². The molecule has 3 N–H and O–H groups in total. The SMILES string of the molecule is CN1CCN(Cc2ccc(-c3[nH]nc4nccc(Oc5ccc(NC(=O)C6(C(=O)Nc7ccc(F)cc7)CC6)cc5F)c34)o2)CC1. The maximum absolute atomic E-state index is 15.3. The number of anilines is 2. The van der Waals surface area contributed by atoms with E-state index in [9.17, 15) is 14.0 Å². The lowest BCUT2D eigenvalue weighted by molar-refractivity contribution is -0.131. The third kappa shape index (κ3) is 5.94. The number of fused-ring (bicyclic) bond motifs is 1. The van der Waals surface area contributed by atoms with Crippen molar-refractivity contribution in [3.05, 3.63) is 84.3 Å². The van der Waals surface area contributed by atoms with Gasteiger partial charge in [-0.2, -0.15) is 5.10 Å². The van der Waals surface area contributed by atoms with Gasteiger partial charge < -0.3 is 24.7 Å². The first kappa shape index (κ1) is 29.6. The van der Waals surface area contributed by atoms with Crippen molar-refractivity contribution in [3.8, 4) is 23.0 Å². The van der Waals surface area contributed by atoms with Crippen molar-refractivity contribution in [1.29, 1.82) is 0 Å². The van der Waals surface area contributed by atoms with E-state index >= 15 is 4.39 Å². The van der Waals surface area contributed by atoms with Gasteiger partial charge in [0.1, 0.15) is 28.4 Å². The Morgan fingerprint density at radius 1 is 0.935 bits per heavy atom. The number of halogens is 2. The van der Waals surface area contributed by atoms with Crippen LogP contribution in [-0.4, -0.2) is 70.0 Å². The minimum absolute atomic E-state index is 0.0805. The van der Waals surface area contributed by atoms with E-state index in [0.29, 0.717) is 53.3 Å². The number of hydrogen-bond acceptors (Lipinski definition) is 8. The zero-order valence-electron chi connectivity index (χ0n) is 25.0. The highest BCUT2D eigenvalue weighted by Crippen LogP contribution is 2.47. The van der Waals surface area contributed by atoms with Crippen LogP contribution in [0, 0.1) is 17.0 Å². The monoisotopic (exact) mass is 627 g/mol. The van der Waals surface area contributed by atoms with Crippen LogP contribution in [0.3, 0.4) is 0 Å². The fourth-order valence-corrected chi connectivity index (χ4v) is 5.50. The number of aromatic nitrogens is 3. The molecule has 46 heavy (non-hydrogen) atoms. The van der Waals surface area contributed by atoms with Crippen LogP contribution in [0.1, 0.15) is 18.6 Å². The number of pyridine rings is 1. The third-order valence-corrected chi connectivity index (χ3v) is 8.43. The van der Waals surface area contributed by atoms with Crippen molar-refractivity contribution in [1.82, 2.24) is 25.0 Å². The van der Waals surface area contributed by atoms with Crippen molar-refractivity contribution in [2.24, 2.45) is 5.41 Å². The number of ether oxygens (including phenoxy) is 1. The van der Waals surface area contributed by atoms with E-state index in [2.05, 4.69) is 42.7 Å². The molecule has 0 radical (unpaired) electrons. The number of hydrogen-bond donors (Lipinski definition) is 3. The Balaban J connectivity index is 1.05. The van der Waals surface area contributed by atoms with E-state index in [1.54, 1.807) is 6.07 Å². The lowest BCUT2D eigenvalue weighted by Crippen LogP contribution is -2.43. The molecule has 4 heterocycles. The summed E-state index contributed by atoms with van der Waals surface area (Å²) in [4.78, 5) is 34.9. The van der Waals surface area contributed by atoms with Gasteiger partial charge in [-0.15, -0.1) is 0 Å². The molecule has 1 aliphatic carbocycles. The smallest absolute Gasteiger partial charge is 0.240 e. The van der Waals surface area contributed by atoms with Crippen molar-refractivity contribution < 1.29 is 27.5 Å². The summed E-state index contributed by atoms with van der Waals surface area (Å²) in [6.07, 6.45) is 2.20. The number of carbonyl (C=O) groups is 2. The van der Waals surface area contributed by atoms with Crippen LogP contribution in [0.5, 0.6) is 11.5 Å². The van der Waals surface area contributed by atoms with Crippen LogP contribution in [0.2, 0.25) is 0 Å². The molecular formula is C33H31F2N7O4. The van der Waals surface area contributed by atoms with Crippen LogP contribution >= 0.6 is 0 Å². The highest BCUT2D eigenvalue weighted by molar-refractivity contribution is 6.16. The van der Waals surface area contributed by atoms with Gasteiger partial charge in [0.2, 0.25) is 11.8 Å². The summed E-state index contributed by atoms with van der Waals surface area (Å²) < 4.78 is 40.7. The lowest BCUT2D eigenvalue weighted by atomic mass is 10.0. The van der Waals surface area contributed by atoms with Gasteiger partial charge in [0.25, 0.3) is 0 Å². The van der Waals surface area contributed by atoms with Crippen LogP contribution < -0.4 is 15.4 Å². The van der Waals surface area contributed by atoms with Gasteiger partial charge in [-0.3, -0.25) is 19.6 Å². The van der Waals surface area contributed by atoms with Crippen molar-refractivity contribution in [3.63, 3.8) is 0 Å². The van der Waals surface area contributed by atoms with Crippen LogP contribution in [-0.2, 0) is 16.1 Å². The summed E-state index contributed by atoms with van der Waals surface area (Å²) in [5.74, 6) is -0.603. The summed E-state index contributed by atoms with van der Waals surface area (Å²) >= 11 is 0. The lowest BCUT2D eigenvalue weighted by Gasteiger charge is -2.31. The first-order valence-corrected chi connectivity index (χ1v) is 15.0. The third-order valence-electron chi connectivity index (χ3n) is 8.43. The van der Waals surface area contributed by atoms with E-state index in [1.807, 2.05) is 12.1 Å². The Hall–Kier alpha value is -5.14. The van der Waals surface area contributed by atoms with Crippen LogP contribution in [0.15, 0.2) is 71.3 Å². The van der Waals surface area contributed by atoms with Crippen molar-refractivity contribution in [2.75, 3.05) is 43.9 Å². The second-order valence-corrected chi connectivity index (χ2v) is 11.7. The molecule has 2 aliphatic rings. The second-order valence-electron chi connectivity index (χ2n) is 11.7. The molecule has 13 heteroatoms. The largest absolute Gasteiger partial charge is 0.458 e. The minimum atomic E-state index is -1.28. The Labute approximate surface area is 262 Å². The molecule has 0 spiro atoms. The molecular weight excluding hydrogens is 596 g/mol. The molecule has 2 fully saturated rings. The summed E-state index contributed by atoms with van der Waals surface area (Å²) in [7, 11) is 2.11. The topological polar surface area (TPSA) is 129 Å². The van der Waals surface area contributed by atoms with Gasteiger partial charge in [-0.1, -0.05) is 0 Å². The standard InChI is InChI=1S/C33H31F2N7O4/c1-41-14-16-42(17-15-41)19-23-7-9-27(45-23)29-28-26(10-13-36-30(28)40-39-29)46-25-8-6-22(18-24(25)35)38-32(44)33(11-12-33)31(43)37-21-4-2-20(34)3-5-21/h2-10,13,18H,11-12,14-17,19H2,1H3,(H,37,43)(H,38,44)(H,36,39,40). The van der Waals surface area contributed by atoms with Gasteiger partial charge in [0, 0.05) is 49.8 Å². The zero-order chi connectivity index (χ0) is 31.8. The predicted molar refractivity (Wildman–Crippen MR) is 166 cm³/mol. The predicted octanol–water partition coefficient (Wildman–Crippen LogP) is 5.39. The summed E-state index contributed by atoms with van der Waals surface area (Å²) in [6, 6.07) is 14.7. The van der Waals surface area contributed by atoms with Crippen molar-refractivity contribution >= 4 is 34.2 Å². The number of nitrogens with one attached hydrogen (secondary N) is 3. The van der Waals surface area contributed by atoms with E-state index in [0.717, 1.165) is 38.0 Å². The average molecular weight is 628 g/mol. The molecule has 236 valence electrons. The Morgan fingerprint density at radius 2 is 1.65 bits per heavy atom. The highest BCUT2D eigenvalue weighted by Gasteiger charge is 2.56. The average Bonchev–Trinajstić information content (AvgIpc) is 3.55. The maximum atomic E-state index is 15.3. The number of piperazine rings is 1. The summed E-state index contributed by atoms with van der Waals surface area (Å²) in [5, 5.41) is 13.1. The number of H-pyrrole nitrogens is 1. The van der Waals surface area contributed by atoms with E-state index in [4.69, 9.17) is 9.15 Å². The van der Waals surface area contributed by atoms with E-state index in [1.165, 1.54) is 42.6 Å². The summed E-state index contributed by atoms with van der Waals surface area (Å²) in [5.41, 5.74) is 0.199. The van der Waals surface area contributed by atoms with Gasteiger partial charge in [-0.05, 0) is 74.5 Å². The van der Waals surface area contributed by atoms with Crippen LogP contribution in [0.4, 0.5) is 20.2 Å². The van der Waals surface area contributed by atoms with E-state index < -0.39 is 28.9 Å². The molecule has 1 saturated carbocycles. The molecule has 5 aromatic rings. The molecule has 1 saturated heterocycles. The number of nitrogens with zero attached hydrogens (tertiary/aromatic N) is 4. The zero-order valence-corrected chi connectivity index (χ0v) is 25.0. The quantitative estimate of drug-likeness (QED) is 0.186. The Bertz CT molecular complexity index is 1910. The van der Waals surface area contributed by atoms with Gasteiger partial charge in [-0.25, -0.2) is 13.8 Å². The number of rotatable bonds is 9. The molecule has 1 aliphatic heterocycles. The molecule has 7 rings (SSSR count). The van der Waals surface area contributed by atoms with Crippen molar-refractivity contribution in [2.45, 2.75) is 19.4 Å². The number of likely N-dealkylation sites (N-methyl/N-ethyl adjacent to an activating group) is 1. The number of aromatic amines is 1. The molecule has 0 atom stereocenters. The molecule has 11 nitrogen and oxygen atoms in total. The fraction of sp³-hybridized carbons (Fsp3) is 0.273. The second kappa shape index (κ2) is 12.0. The number of furan rings is 1. The molecule has 0 unspecified atom stereocenters. The Morgan fingerprint density at radius 3 is 2.37 bits per heavy atom. The highest BCUT2D eigenvalue weighted by atomic mass is 19.1. The number of carbonyl (C=O) groups excluding carboxylic acids is 2. The minimum Gasteiger partial charge on any atom is -0.458 e. The van der Waals surface area contributed by atoms with Gasteiger partial charge >= 0.3 is 0 Å². The Kier molecular flexibility index (Phi) is 7.70. The molecule has 3 aromatic heterocycles. The van der Waals surface area contributed by atoms with Crippen LogP contribution in [0.25, 0.3) is 22.5 Å². The normalized spacial score (nSPS) is 16.3. The summed E-state index contributed by atoms with van der Waals surface area (Å²) in [6.45, 7) is 4.62. The first-order chi connectivity index (χ1) is 22.3.